The molecule has 1 atom stereocenters. The maximum Gasteiger partial charge on any atom is 0.0528 e. The van der Waals surface area contributed by atoms with E-state index in [0.717, 1.165) is 12.8 Å². The van der Waals surface area contributed by atoms with Crippen LogP contribution in [0.2, 0.25) is 0 Å². The number of benzene rings is 1. The van der Waals surface area contributed by atoms with Gasteiger partial charge in [0.15, 0.2) is 0 Å². The van der Waals surface area contributed by atoms with E-state index in [-0.39, 0.29) is 18.1 Å². The van der Waals surface area contributed by atoms with E-state index in [4.69, 9.17) is 4.74 Å². The summed E-state index contributed by atoms with van der Waals surface area (Å²) in [5.41, 5.74) is 1.05. The summed E-state index contributed by atoms with van der Waals surface area (Å²) in [6, 6.07) is 10.2. The smallest absolute Gasteiger partial charge is 0.0528 e. The molecule has 1 rings (SSSR count). The summed E-state index contributed by atoms with van der Waals surface area (Å²) in [5, 5.41) is 9.74. The highest BCUT2D eigenvalue weighted by Gasteiger charge is 2.29. The fourth-order valence-corrected chi connectivity index (χ4v) is 2.09. The van der Waals surface area contributed by atoms with Gasteiger partial charge in [-0.25, -0.2) is 0 Å². The molecule has 0 spiro atoms. The fraction of sp³-hybridized carbons (Fsp3) is 0.600. The van der Waals surface area contributed by atoms with Crippen LogP contribution in [0.4, 0.5) is 0 Å². The predicted molar refractivity (Wildman–Crippen MR) is 71.2 cm³/mol. The second-order valence-corrected chi connectivity index (χ2v) is 4.83. The maximum absolute atomic E-state index is 9.74. The first-order valence-corrected chi connectivity index (χ1v) is 6.42. The number of hydrogen-bond donors (Lipinski definition) is 1. The minimum Gasteiger partial charge on any atom is -0.395 e. The molecule has 0 fully saturated rings. The molecule has 0 heterocycles. The second-order valence-electron chi connectivity index (χ2n) is 4.83. The summed E-state index contributed by atoms with van der Waals surface area (Å²) in [6.07, 6.45) is 2.04. The standard InChI is InChI=1S/C15H24O2/c1-4-15(12-16,10-11-17-13(2)3)14-8-6-5-7-9-14/h5-9,13,16H,4,10-12H2,1-3H3. The highest BCUT2D eigenvalue weighted by Crippen LogP contribution is 2.31. The number of ether oxygens (including phenoxy) is 1. The molecule has 0 bridgehead atoms. The van der Waals surface area contributed by atoms with Gasteiger partial charge in [0.25, 0.3) is 0 Å². The van der Waals surface area contributed by atoms with E-state index in [1.165, 1.54) is 5.56 Å². The summed E-state index contributed by atoms with van der Waals surface area (Å²) in [4.78, 5) is 0. The normalized spacial score (nSPS) is 14.9. The largest absolute Gasteiger partial charge is 0.395 e. The van der Waals surface area contributed by atoms with Crippen molar-refractivity contribution in [1.82, 2.24) is 0 Å². The molecule has 0 aliphatic rings. The van der Waals surface area contributed by atoms with Crippen LogP contribution < -0.4 is 0 Å². The van der Waals surface area contributed by atoms with Gasteiger partial charge in [0.05, 0.1) is 12.7 Å². The van der Waals surface area contributed by atoms with Gasteiger partial charge in [0.2, 0.25) is 0 Å². The summed E-state index contributed by atoms with van der Waals surface area (Å²) in [7, 11) is 0. The lowest BCUT2D eigenvalue weighted by atomic mass is 9.76. The summed E-state index contributed by atoms with van der Waals surface area (Å²) in [6.45, 7) is 7.07. The molecular formula is C15H24O2. The van der Waals surface area contributed by atoms with Crippen LogP contribution in [0.1, 0.15) is 39.2 Å². The van der Waals surface area contributed by atoms with Crippen LogP contribution in [0.5, 0.6) is 0 Å². The van der Waals surface area contributed by atoms with Crippen molar-refractivity contribution in [2.24, 2.45) is 0 Å². The van der Waals surface area contributed by atoms with E-state index >= 15 is 0 Å². The van der Waals surface area contributed by atoms with Crippen LogP contribution in [-0.2, 0) is 10.2 Å². The molecule has 0 aliphatic carbocycles. The van der Waals surface area contributed by atoms with Gasteiger partial charge >= 0.3 is 0 Å². The van der Waals surface area contributed by atoms with E-state index in [2.05, 4.69) is 19.1 Å². The van der Waals surface area contributed by atoms with E-state index in [1.54, 1.807) is 0 Å². The lowest BCUT2D eigenvalue weighted by Gasteiger charge is -2.31. The lowest BCUT2D eigenvalue weighted by molar-refractivity contribution is 0.0520. The van der Waals surface area contributed by atoms with E-state index in [1.807, 2.05) is 32.0 Å². The predicted octanol–water partition coefficient (Wildman–Crippen LogP) is 3.14. The minimum atomic E-state index is -0.157. The minimum absolute atomic E-state index is 0.157. The third-order valence-electron chi connectivity index (χ3n) is 3.40. The van der Waals surface area contributed by atoms with Gasteiger partial charge in [-0.1, -0.05) is 37.3 Å². The Morgan fingerprint density at radius 3 is 2.35 bits per heavy atom. The molecule has 0 aliphatic heterocycles. The van der Waals surface area contributed by atoms with E-state index in [9.17, 15) is 5.11 Å². The van der Waals surface area contributed by atoms with Crippen LogP contribution in [-0.4, -0.2) is 24.4 Å². The van der Waals surface area contributed by atoms with Gasteiger partial charge in [-0.2, -0.15) is 0 Å². The monoisotopic (exact) mass is 236 g/mol. The number of aliphatic hydroxyl groups excluding tert-OH is 1. The fourth-order valence-electron chi connectivity index (χ4n) is 2.09. The van der Waals surface area contributed by atoms with Gasteiger partial charge < -0.3 is 9.84 Å². The van der Waals surface area contributed by atoms with Crippen LogP contribution in [0.25, 0.3) is 0 Å². The van der Waals surface area contributed by atoms with Crippen molar-refractivity contribution < 1.29 is 9.84 Å². The molecule has 1 aromatic rings. The van der Waals surface area contributed by atoms with Crippen LogP contribution >= 0.6 is 0 Å². The first-order chi connectivity index (χ1) is 8.14. The average molecular weight is 236 g/mol. The topological polar surface area (TPSA) is 29.5 Å². The highest BCUT2D eigenvalue weighted by atomic mass is 16.5. The Morgan fingerprint density at radius 1 is 1.24 bits per heavy atom. The third kappa shape index (κ3) is 3.83. The second kappa shape index (κ2) is 6.77. The first kappa shape index (κ1) is 14.2. The van der Waals surface area contributed by atoms with Crippen LogP contribution in [0.3, 0.4) is 0 Å². The SMILES string of the molecule is CCC(CO)(CCOC(C)C)c1ccccc1. The Morgan fingerprint density at radius 2 is 1.88 bits per heavy atom. The molecule has 0 amide bonds. The maximum atomic E-state index is 9.74. The number of hydrogen-bond acceptors (Lipinski definition) is 2. The summed E-state index contributed by atoms with van der Waals surface area (Å²) in [5.74, 6) is 0. The van der Waals surface area contributed by atoms with Crippen LogP contribution in [0, 0.1) is 0 Å². The van der Waals surface area contributed by atoms with E-state index in [0.29, 0.717) is 6.61 Å². The molecule has 0 aromatic heterocycles. The zero-order valence-corrected chi connectivity index (χ0v) is 11.1. The molecule has 0 saturated heterocycles. The molecule has 17 heavy (non-hydrogen) atoms. The van der Waals surface area contributed by atoms with E-state index < -0.39 is 0 Å². The average Bonchev–Trinajstić information content (AvgIpc) is 2.36. The molecule has 2 nitrogen and oxygen atoms in total. The molecule has 1 aromatic carbocycles. The summed E-state index contributed by atoms with van der Waals surface area (Å²) < 4.78 is 5.61. The third-order valence-corrected chi connectivity index (χ3v) is 3.40. The van der Waals surface area contributed by atoms with Gasteiger partial charge in [-0.3, -0.25) is 0 Å². The zero-order valence-electron chi connectivity index (χ0n) is 11.1. The van der Waals surface area contributed by atoms with Gasteiger partial charge in [-0.05, 0) is 32.3 Å². The quantitative estimate of drug-likeness (QED) is 0.788. The molecule has 2 heteroatoms. The van der Waals surface area contributed by atoms with Crippen molar-refractivity contribution in [3.8, 4) is 0 Å². The summed E-state index contributed by atoms with van der Waals surface area (Å²) >= 11 is 0. The Hall–Kier alpha value is -0.860. The molecular weight excluding hydrogens is 212 g/mol. The van der Waals surface area contributed by atoms with Crippen molar-refractivity contribution >= 4 is 0 Å². The molecule has 0 saturated carbocycles. The Kier molecular flexibility index (Phi) is 5.66. The Labute approximate surface area is 105 Å². The number of aliphatic hydroxyl groups is 1. The Balaban J connectivity index is 2.75. The van der Waals surface area contributed by atoms with Crippen molar-refractivity contribution in [2.45, 2.75) is 45.1 Å². The molecule has 0 radical (unpaired) electrons. The molecule has 1 N–H and O–H groups in total. The van der Waals surface area contributed by atoms with Gasteiger partial charge in [0.1, 0.15) is 0 Å². The van der Waals surface area contributed by atoms with Crippen molar-refractivity contribution in [2.75, 3.05) is 13.2 Å². The first-order valence-electron chi connectivity index (χ1n) is 6.42. The molecule has 96 valence electrons. The lowest BCUT2D eigenvalue weighted by Crippen LogP contribution is -2.31. The van der Waals surface area contributed by atoms with Gasteiger partial charge in [0, 0.05) is 12.0 Å². The van der Waals surface area contributed by atoms with Crippen molar-refractivity contribution in [1.29, 1.82) is 0 Å². The highest BCUT2D eigenvalue weighted by molar-refractivity contribution is 5.25. The molecule has 1 unspecified atom stereocenters. The van der Waals surface area contributed by atoms with Crippen molar-refractivity contribution in [3.05, 3.63) is 35.9 Å². The number of rotatable bonds is 7. The zero-order chi connectivity index (χ0) is 12.7. The van der Waals surface area contributed by atoms with Crippen LogP contribution in [0.15, 0.2) is 30.3 Å². The Bertz CT molecular complexity index is 302. The van der Waals surface area contributed by atoms with Crippen molar-refractivity contribution in [3.63, 3.8) is 0 Å². The van der Waals surface area contributed by atoms with Gasteiger partial charge in [-0.15, -0.1) is 0 Å².